The Kier molecular flexibility index (Phi) is 37.1. The largest absolute Gasteiger partial charge is 0.457 e. The van der Waals surface area contributed by atoms with Crippen molar-refractivity contribution in [3.05, 3.63) is 48.6 Å². The van der Waals surface area contributed by atoms with Crippen LogP contribution in [-0.4, -0.2) is 97.5 Å². The summed E-state index contributed by atoms with van der Waals surface area (Å²) in [4.78, 5) is 12.9. The molecule has 0 amide bonds. The Bertz CT molecular complexity index is 1250. The molecular formula is C48H86O12S. The van der Waals surface area contributed by atoms with Crippen molar-refractivity contribution >= 4 is 16.4 Å². The highest BCUT2D eigenvalue weighted by Gasteiger charge is 2.48. The Balaban J connectivity index is 2.41. The van der Waals surface area contributed by atoms with Gasteiger partial charge in [0.25, 0.3) is 0 Å². The van der Waals surface area contributed by atoms with Crippen molar-refractivity contribution in [2.45, 2.75) is 224 Å². The van der Waals surface area contributed by atoms with E-state index in [9.17, 15) is 28.5 Å². The quantitative estimate of drug-likeness (QED) is 0.0198. The Morgan fingerprint density at radius 3 is 1.61 bits per heavy atom. The van der Waals surface area contributed by atoms with Gasteiger partial charge in [-0.25, -0.2) is 4.18 Å². The second-order valence-corrected chi connectivity index (χ2v) is 17.4. The summed E-state index contributed by atoms with van der Waals surface area (Å²) in [5, 5.41) is 30.7. The van der Waals surface area contributed by atoms with E-state index in [0.29, 0.717) is 13.0 Å². The molecule has 0 aromatic carbocycles. The highest BCUT2D eigenvalue weighted by molar-refractivity contribution is 7.80. The molecule has 1 rings (SSSR count). The minimum absolute atomic E-state index is 0.0263. The lowest BCUT2D eigenvalue weighted by Crippen LogP contribution is -2.60. The fourth-order valence-electron chi connectivity index (χ4n) is 7.01. The number of carbonyl (C=O) groups is 1. The highest BCUT2D eigenvalue weighted by Crippen LogP contribution is 2.26. The molecule has 0 spiro atoms. The van der Waals surface area contributed by atoms with Crippen LogP contribution in [0, 0.1) is 0 Å². The van der Waals surface area contributed by atoms with E-state index in [4.69, 9.17) is 23.5 Å². The van der Waals surface area contributed by atoms with Gasteiger partial charge in [0, 0.05) is 13.0 Å². The van der Waals surface area contributed by atoms with Gasteiger partial charge in [-0.2, -0.15) is 8.42 Å². The zero-order valence-electron chi connectivity index (χ0n) is 38.0. The molecule has 0 saturated carbocycles. The first-order valence-electron chi connectivity index (χ1n) is 23.9. The van der Waals surface area contributed by atoms with E-state index in [2.05, 4.69) is 66.6 Å². The van der Waals surface area contributed by atoms with Crippen molar-refractivity contribution in [1.82, 2.24) is 0 Å². The summed E-state index contributed by atoms with van der Waals surface area (Å²) >= 11 is 0. The number of unbranched alkanes of at least 4 members (excludes halogenated alkanes) is 20. The van der Waals surface area contributed by atoms with Crippen molar-refractivity contribution in [3.8, 4) is 0 Å². The van der Waals surface area contributed by atoms with Crippen LogP contribution in [-0.2, 0) is 38.3 Å². The van der Waals surface area contributed by atoms with E-state index in [-0.39, 0.29) is 19.6 Å². The first-order valence-corrected chi connectivity index (χ1v) is 25.3. The normalized spacial score (nSPS) is 20.5. The molecule has 1 aliphatic heterocycles. The molecule has 4 N–H and O–H groups in total. The van der Waals surface area contributed by atoms with Gasteiger partial charge >= 0.3 is 16.4 Å². The molecule has 61 heavy (non-hydrogen) atoms. The van der Waals surface area contributed by atoms with Crippen LogP contribution in [0.2, 0.25) is 0 Å². The van der Waals surface area contributed by atoms with Crippen LogP contribution in [0.5, 0.6) is 0 Å². The van der Waals surface area contributed by atoms with Crippen LogP contribution in [0.1, 0.15) is 187 Å². The highest BCUT2D eigenvalue weighted by atomic mass is 32.3. The van der Waals surface area contributed by atoms with Gasteiger partial charge in [-0.3, -0.25) is 9.35 Å². The average molecular weight is 887 g/mol. The Morgan fingerprint density at radius 2 is 1.10 bits per heavy atom. The Hall–Kier alpha value is -1.94. The summed E-state index contributed by atoms with van der Waals surface area (Å²) in [7, 11) is -5.07. The summed E-state index contributed by atoms with van der Waals surface area (Å²) in [6.45, 7) is 3.90. The molecule has 6 atom stereocenters. The number of hydrogen-bond donors (Lipinski definition) is 4. The van der Waals surface area contributed by atoms with E-state index in [0.717, 1.165) is 77.0 Å². The summed E-state index contributed by atoms with van der Waals surface area (Å²) in [5.74, 6) is -0.408. The van der Waals surface area contributed by atoms with Gasteiger partial charge in [0.1, 0.15) is 30.5 Å². The molecule has 1 fully saturated rings. The molecule has 12 nitrogen and oxygen atoms in total. The Morgan fingerprint density at radius 1 is 0.623 bits per heavy atom. The fraction of sp³-hybridized carbons (Fsp3) is 0.812. The third-order valence-electron chi connectivity index (χ3n) is 10.7. The molecule has 0 aromatic heterocycles. The second kappa shape index (κ2) is 39.6. The zero-order chi connectivity index (χ0) is 44.7. The number of rotatable bonds is 41. The first-order chi connectivity index (χ1) is 29.6. The molecule has 1 saturated heterocycles. The van der Waals surface area contributed by atoms with Crippen molar-refractivity contribution in [3.63, 3.8) is 0 Å². The van der Waals surface area contributed by atoms with Crippen LogP contribution >= 0.6 is 0 Å². The van der Waals surface area contributed by atoms with Crippen molar-refractivity contribution in [2.75, 3.05) is 26.4 Å². The molecule has 1 heterocycles. The van der Waals surface area contributed by atoms with Crippen LogP contribution in [0.4, 0.5) is 0 Å². The molecule has 0 radical (unpaired) electrons. The molecule has 6 unspecified atom stereocenters. The predicted octanol–water partition coefficient (Wildman–Crippen LogP) is 10.4. The molecule has 356 valence electrons. The lowest BCUT2D eigenvalue weighted by molar-refractivity contribution is -0.301. The van der Waals surface area contributed by atoms with Crippen LogP contribution in [0.25, 0.3) is 0 Å². The maximum Gasteiger partial charge on any atom is 0.397 e. The molecule has 13 heteroatoms. The van der Waals surface area contributed by atoms with Crippen molar-refractivity contribution in [2.24, 2.45) is 0 Å². The molecule has 1 aliphatic rings. The minimum Gasteiger partial charge on any atom is -0.457 e. The fourth-order valence-corrected chi connectivity index (χ4v) is 7.52. The summed E-state index contributed by atoms with van der Waals surface area (Å²) in [6.07, 6.45) is 38.5. The molecule has 0 aliphatic carbocycles. The number of ether oxygens (including phenoxy) is 4. The number of hydrogen-bond acceptors (Lipinski definition) is 11. The topological polar surface area (TPSA) is 178 Å². The van der Waals surface area contributed by atoms with Crippen molar-refractivity contribution < 1.29 is 56.2 Å². The smallest absolute Gasteiger partial charge is 0.397 e. The summed E-state index contributed by atoms with van der Waals surface area (Å²) in [5.41, 5.74) is 0. The molecule has 0 aromatic rings. The average Bonchev–Trinajstić information content (AvgIpc) is 3.23. The number of esters is 1. The van der Waals surface area contributed by atoms with Gasteiger partial charge < -0.3 is 34.3 Å². The van der Waals surface area contributed by atoms with E-state index in [1.165, 1.54) is 83.5 Å². The standard InChI is InChI=1S/C48H86O12S/c1-3-5-7-9-11-13-15-17-19-20-21-22-23-25-27-29-31-33-35-37-44(50)58-42(41-57-48-46(52)47(60-61(53,54)55)45(51)43(39-49)59-48)40-56-38-36-34-32-30-28-26-24-18-16-14-12-10-8-6-4-2/h10-13,16-19,42-43,45-49,51-52H,3-9,14-15,20-41H2,1-2H3,(H,53,54,55)/b12-10-,13-11-,18-16-,19-17-. The van der Waals surface area contributed by atoms with E-state index in [1.807, 2.05) is 0 Å². The van der Waals surface area contributed by atoms with E-state index >= 15 is 0 Å². The van der Waals surface area contributed by atoms with E-state index < -0.39 is 59.8 Å². The van der Waals surface area contributed by atoms with Gasteiger partial charge in [0.05, 0.1) is 19.8 Å². The summed E-state index contributed by atoms with van der Waals surface area (Å²) in [6, 6.07) is 0. The minimum atomic E-state index is -5.07. The van der Waals surface area contributed by atoms with E-state index in [1.54, 1.807) is 0 Å². The maximum atomic E-state index is 12.9. The second-order valence-electron chi connectivity index (χ2n) is 16.3. The van der Waals surface area contributed by atoms with Crippen LogP contribution in [0.15, 0.2) is 48.6 Å². The monoisotopic (exact) mass is 887 g/mol. The predicted molar refractivity (Wildman–Crippen MR) is 243 cm³/mol. The number of allylic oxidation sites excluding steroid dienone is 8. The molecule has 0 bridgehead atoms. The SMILES string of the molecule is CCCC/C=C\C/C=C\CCCCCCCCOCC(COC1OC(CO)C(O)C(OS(=O)(=O)O)C1O)OC(=O)CCCCCCCCCCC/C=C\C/C=C\CCCCC. The van der Waals surface area contributed by atoms with Gasteiger partial charge in [-0.05, 0) is 70.6 Å². The lowest BCUT2D eigenvalue weighted by Gasteiger charge is -2.41. The number of carbonyl (C=O) groups excluding carboxylic acids is 1. The third-order valence-corrected chi connectivity index (χ3v) is 11.1. The third kappa shape index (κ3) is 33.3. The van der Waals surface area contributed by atoms with Gasteiger partial charge in [-0.15, -0.1) is 0 Å². The zero-order valence-corrected chi connectivity index (χ0v) is 38.8. The number of aliphatic hydroxyl groups is 3. The lowest BCUT2D eigenvalue weighted by atomic mass is 9.99. The Labute approximate surface area is 370 Å². The molecular weight excluding hydrogens is 801 g/mol. The van der Waals surface area contributed by atoms with Crippen LogP contribution < -0.4 is 0 Å². The van der Waals surface area contributed by atoms with Gasteiger partial charge in [0.15, 0.2) is 6.29 Å². The first kappa shape index (κ1) is 57.1. The van der Waals surface area contributed by atoms with Crippen LogP contribution in [0.3, 0.4) is 0 Å². The number of aliphatic hydroxyl groups excluding tert-OH is 3. The maximum absolute atomic E-state index is 12.9. The van der Waals surface area contributed by atoms with Gasteiger partial charge in [-0.1, -0.05) is 159 Å². The van der Waals surface area contributed by atoms with Crippen molar-refractivity contribution in [1.29, 1.82) is 0 Å². The van der Waals surface area contributed by atoms with Gasteiger partial charge in [0.2, 0.25) is 0 Å². The summed E-state index contributed by atoms with van der Waals surface area (Å²) < 4.78 is 59.1.